The van der Waals surface area contributed by atoms with Crippen LogP contribution in [-0.2, 0) is 20.9 Å². The second kappa shape index (κ2) is 8.96. The SMILES string of the molecule is Cc1ccc(F)c(NC(=O)n2ccc3cc(Oc4cc(COS(C)(=O)=O)ncn4)ccc32)c1. The van der Waals surface area contributed by atoms with Crippen molar-refractivity contribution < 1.29 is 26.5 Å². The Morgan fingerprint density at radius 2 is 1.94 bits per heavy atom. The number of rotatable bonds is 6. The maximum absolute atomic E-state index is 14.0. The molecule has 170 valence electrons. The lowest BCUT2D eigenvalue weighted by Crippen LogP contribution is -2.19. The maximum Gasteiger partial charge on any atom is 0.330 e. The van der Waals surface area contributed by atoms with Gasteiger partial charge < -0.3 is 10.1 Å². The Labute approximate surface area is 188 Å². The summed E-state index contributed by atoms with van der Waals surface area (Å²) in [6.45, 7) is 1.57. The minimum atomic E-state index is -3.60. The van der Waals surface area contributed by atoms with Crippen molar-refractivity contribution in [3.05, 3.63) is 78.1 Å². The topological polar surface area (TPSA) is 112 Å². The molecule has 0 aliphatic carbocycles. The Bertz CT molecular complexity index is 1450. The third-order valence-electron chi connectivity index (χ3n) is 4.59. The number of nitrogens with zero attached hydrogens (tertiary/aromatic N) is 3. The Kier molecular flexibility index (Phi) is 6.07. The number of fused-ring (bicyclic) bond motifs is 1. The quantitative estimate of drug-likeness (QED) is 0.420. The van der Waals surface area contributed by atoms with Gasteiger partial charge in [-0.15, -0.1) is 0 Å². The fourth-order valence-corrected chi connectivity index (χ4v) is 3.41. The Morgan fingerprint density at radius 3 is 2.73 bits per heavy atom. The maximum atomic E-state index is 14.0. The molecule has 0 fully saturated rings. The van der Waals surface area contributed by atoms with Crippen molar-refractivity contribution in [3.8, 4) is 11.6 Å². The van der Waals surface area contributed by atoms with E-state index in [-0.39, 0.29) is 18.2 Å². The summed E-state index contributed by atoms with van der Waals surface area (Å²) in [4.78, 5) is 20.6. The van der Waals surface area contributed by atoms with E-state index in [2.05, 4.69) is 15.3 Å². The van der Waals surface area contributed by atoms with E-state index in [9.17, 15) is 17.6 Å². The lowest BCUT2D eigenvalue weighted by molar-refractivity contribution is 0.254. The summed E-state index contributed by atoms with van der Waals surface area (Å²) in [5.74, 6) is 0.120. The summed E-state index contributed by atoms with van der Waals surface area (Å²) in [6, 6.07) is 12.2. The molecule has 0 aliphatic rings. The van der Waals surface area contributed by atoms with Crippen LogP contribution >= 0.6 is 0 Å². The summed E-state index contributed by atoms with van der Waals surface area (Å²) in [7, 11) is -3.60. The fourth-order valence-electron chi connectivity index (χ4n) is 3.07. The third kappa shape index (κ3) is 5.51. The van der Waals surface area contributed by atoms with Gasteiger partial charge in [0.1, 0.15) is 24.5 Å². The predicted octanol–water partition coefficient (Wildman–Crippen LogP) is 4.23. The molecular formula is C22H19FN4O5S. The van der Waals surface area contributed by atoms with E-state index in [4.69, 9.17) is 8.92 Å². The molecule has 0 unspecified atom stereocenters. The fraction of sp³-hybridized carbons (Fsp3) is 0.136. The zero-order valence-corrected chi connectivity index (χ0v) is 18.5. The van der Waals surface area contributed by atoms with Crippen LogP contribution in [0.5, 0.6) is 11.6 Å². The van der Waals surface area contributed by atoms with Gasteiger partial charge in [0.05, 0.1) is 23.2 Å². The summed E-state index contributed by atoms with van der Waals surface area (Å²) < 4.78 is 48.1. The first-order valence-electron chi connectivity index (χ1n) is 9.70. The lowest BCUT2D eigenvalue weighted by Gasteiger charge is -2.10. The number of benzene rings is 2. The standard InChI is InChI=1S/C22H19FN4O5S/c1-14-3-5-18(23)19(9-14)26-22(28)27-8-7-15-10-17(4-6-20(15)27)32-21-11-16(24-13-25-21)12-31-33(2,29)30/h3-11,13H,12H2,1-2H3,(H,26,28). The summed E-state index contributed by atoms with van der Waals surface area (Å²) in [5.41, 5.74) is 1.85. The second-order valence-corrected chi connectivity index (χ2v) is 8.88. The largest absolute Gasteiger partial charge is 0.439 e. The van der Waals surface area contributed by atoms with Crippen LogP contribution in [0.3, 0.4) is 0 Å². The average Bonchev–Trinajstić information content (AvgIpc) is 3.18. The predicted molar refractivity (Wildman–Crippen MR) is 119 cm³/mol. The van der Waals surface area contributed by atoms with Gasteiger partial charge in [0.25, 0.3) is 10.1 Å². The molecule has 0 spiro atoms. The van der Waals surface area contributed by atoms with Crippen molar-refractivity contribution in [2.45, 2.75) is 13.5 Å². The van der Waals surface area contributed by atoms with Gasteiger partial charge in [-0.25, -0.2) is 19.2 Å². The number of ether oxygens (including phenoxy) is 1. The molecular weight excluding hydrogens is 451 g/mol. The molecule has 0 atom stereocenters. The van der Waals surface area contributed by atoms with Gasteiger partial charge in [-0.1, -0.05) is 6.07 Å². The zero-order valence-electron chi connectivity index (χ0n) is 17.6. The molecule has 0 aliphatic heterocycles. The van der Waals surface area contributed by atoms with E-state index in [1.165, 1.54) is 23.0 Å². The number of hydrogen-bond donors (Lipinski definition) is 1. The summed E-state index contributed by atoms with van der Waals surface area (Å²) in [6.07, 6.45) is 3.76. The number of aryl methyl sites for hydroxylation is 1. The highest BCUT2D eigenvalue weighted by molar-refractivity contribution is 7.85. The summed E-state index contributed by atoms with van der Waals surface area (Å²) >= 11 is 0. The van der Waals surface area contributed by atoms with Crippen molar-refractivity contribution in [1.82, 2.24) is 14.5 Å². The van der Waals surface area contributed by atoms with Crippen LogP contribution in [-0.4, -0.2) is 35.2 Å². The van der Waals surface area contributed by atoms with Crippen LogP contribution in [0, 0.1) is 12.7 Å². The highest BCUT2D eigenvalue weighted by Gasteiger charge is 2.13. The molecule has 2 heterocycles. The van der Waals surface area contributed by atoms with Gasteiger partial charge in [0, 0.05) is 17.6 Å². The molecule has 0 radical (unpaired) electrons. The molecule has 0 bridgehead atoms. The van der Waals surface area contributed by atoms with Crippen molar-refractivity contribution in [2.75, 3.05) is 11.6 Å². The molecule has 4 aromatic rings. The molecule has 11 heteroatoms. The zero-order chi connectivity index (χ0) is 23.6. The first-order chi connectivity index (χ1) is 15.7. The van der Waals surface area contributed by atoms with E-state index in [1.807, 2.05) is 0 Å². The number of anilines is 1. The number of carbonyl (C=O) groups is 1. The molecule has 2 aromatic carbocycles. The van der Waals surface area contributed by atoms with Gasteiger partial charge in [0.2, 0.25) is 5.88 Å². The first-order valence-corrected chi connectivity index (χ1v) is 11.5. The molecule has 0 saturated heterocycles. The number of carbonyl (C=O) groups excluding carboxylic acids is 1. The number of halogens is 1. The van der Waals surface area contributed by atoms with Crippen LogP contribution in [0.15, 0.2) is 61.1 Å². The van der Waals surface area contributed by atoms with Gasteiger partial charge in [-0.3, -0.25) is 8.75 Å². The summed E-state index contributed by atoms with van der Waals surface area (Å²) in [5, 5.41) is 3.29. The Hall–Kier alpha value is -3.83. The van der Waals surface area contributed by atoms with E-state index in [1.54, 1.807) is 49.5 Å². The first kappa shape index (κ1) is 22.4. The van der Waals surface area contributed by atoms with E-state index >= 15 is 0 Å². The number of amides is 1. The molecule has 0 saturated carbocycles. The minimum absolute atomic E-state index is 0.0984. The van der Waals surface area contributed by atoms with E-state index in [0.717, 1.165) is 11.8 Å². The lowest BCUT2D eigenvalue weighted by atomic mass is 10.2. The molecule has 4 rings (SSSR count). The molecule has 1 amide bonds. The molecule has 2 aromatic heterocycles. The highest BCUT2D eigenvalue weighted by atomic mass is 32.2. The molecule has 33 heavy (non-hydrogen) atoms. The number of nitrogens with one attached hydrogen (secondary N) is 1. The normalized spacial score (nSPS) is 11.5. The number of aromatic nitrogens is 3. The van der Waals surface area contributed by atoms with Gasteiger partial charge >= 0.3 is 6.03 Å². The van der Waals surface area contributed by atoms with E-state index < -0.39 is 22.0 Å². The third-order valence-corrected chi connectivity index (χ3v) is 5.13. The smallest absolute Gasteiger partial charge is 0.330 e. The second-order valence-electron chi connectivity index (χ2n) is 7.24. The van der Waals surface area contributed by atoms with Crippen LogP contribution in [0.4, 0.5) is 14.9 Å². The van der Waals surface area contributed by atoms with Crippen molar-refractivity contribution in [1.29, 1.82) is 0 Å². The van der Waals surface area contributed by atoms with Crippen LogP contribution < -0.4 is 10.1 Å². The Morgan fingerprint density at radius 1 is 1.12 bits per heavy atom. The van der Waals surface area contributed by atoms with Crippen molar-refractivity contribution >= 4 is 32.7 Å². The van der Waals surface area contributed by atoms with Crippen molar-refractivity contribution in [3.63, 3.8) is 0 Å². The molecule has 1 N–H and O–H groups in total. The molecule has 9 nitrogen and oxygen atoms in total. The van der Waals surface area contributed by atoms with Crippen molar-refractivity contribution in [2.24, 2.45) is 0 Å². The Balaban J connectivity index is 1.51. The van der Waals surface area contributed by atoms with Gasteiger partial charge in [-0.2, -0.15) is 8.42 Å². The monoisotopic (exact) mass is 470 g/mol. The minimum Gasteiger partial charge on any atom is -0.439 e. The average molecular weight is 470 g/mol. The van der Waals surface area contributed by atoms with Gasteiger partial charge in [0.15, 0.2) is 0 Å². The van der Waals surface area contributed by atoms with E-state index in [0.29, 0.717) is 22.3 Å². The van der Waals surface area contributed by atoms with Crippen LogP contribution in [0.1, 0.15) is 11.3 Å². The highest BCUT2D eigenvalue weighted by Crippen LogP contribution is 2.26. The van der Waals surface area contributed by atoms with Gasteiger partial charge in [-0.05, 0) is 48.9 Å². The van der Waals surface area contributed by atoms with Crippen LogP contribution in [0.25, 0.3) is 10.9 Å². The number of hydrogen-bond acceptors (Lipinski definition) is 7. The van der Waals surface area contributed by atoms with Crippen LogP contribution in [0.2, 0.25) is 0 Å².